The first-order valence-electron chi connectivity index (χ1n) is 9.11. The molecule has 1 aliphatic rings. The van der Waals surface area contributed by atoms with Crippen LogP contribution in [0.25, 0.3) is 16.9 Å². The first-order chi connectivity index (χ1) is 12.9. The Hall–Kier alpha value is -3.09. The number of phenols is 1. The maximum absolute atomic E-state index is 11.4. The van der Waals surface area contributed by atoms with Gasteiger partial charge in [0.2, 0.25) is 5.91 Å². The Morgan fingerprint density at radius 3 is 2.70 bits per heavy atom. The summed E-state index contributed by atoms with van der Waals surface area (Å²) in [6.07, 6.45) is 0.914. The fraction of sp³-hybridized carbons (Fsp3) is 0.350. The summed E-state index contributed by atoms with van der Waals surface area (Å²) in [5.74, 6) is 0.236. The van der Waals surface area contributed by atoms with Crippen LogP contribution in [0.4, 0.5) is 5.69 Å². The van der Waals surface area contributed by atoms with E-state index in [4.69, 9.17) is 4.98 Å². The van der Waals surface area contributed by atoms with Gasteiger partial charge in [0.15, 0.2) is 5.65 Å². The summed E-state index contributed by atoms with van der Waals surface area (Å²) in [6, 6.07) is 9.30. The summed E-state index contributed by atoms with van der Waals surface area (Å²) in [4.78, 5) is 18.4. The highest BCUT2D eigenvalue weighted by Gasteiger charge is 2.26. The standard InChI is InChI=1S/C20H23N5O2/c1-12-10-18(24-9-8-16(11-24)22-14(3)26)20-21-13(2)19(25(20)23-12)15-4-6-17(27)7-5-15/h4-7,10,16,27H,8-9,11H2,1-3H3,(H,22,26)/t16-/m1/s1. The molecule has 1 aliphatic heterocycles. The predicted molar refractivity (Wildman–Crippen MR) is 104 cm³/mol. The fourth-order valence-electron chi connectivity index (χ4n) is 3.80. The summed E-state index contributed by atoms with van der Waals surface area (Å²) in [5.41, 5.74) is 5.51. The number of rotatable bonds is 3. The number of phenolic OH excluding ortho intramolecular Hbond substituents is 1. The van der Waals surface area contributed by atoms with Crippen LogP contribution in [0, 0.1) is 13.8 Å². The Morgan fingerprint density at radius 2 is 2.00 bits per heavy atom. The second-order valence-electron chi connectivity index (χ2n) is 7.13. The third-order valence-electron chi connectivity index (χ3n) is 4.94. The molecule has 2 N–H and O–H groups in total. The van der Waals surface area contributed by atoms with Gasteiger partial charge in [0, 0.05) is 31.6 Å². The Kier molecular flexibility index (Phi) is 4.22. The monoisotopic (exact) mass is 365 g/mol. The number of carbonyl (C=O) groups excluding carboxylic acids is 1. The van der Waals surface area contributed by atoms with E-state index >= 15 is 0 Å². The first-order valence-corrected chi connectivity index (χ1v) is 9.11. The van der Waals surface area contributed by atoms with Gasteiger partial charge in [0.25, 0.3) is 0 Å². The smallest absolute Gasteiger partial charge is 0.217 e. The van der Waals surface area contributed by atoms with Gasteiger partial charge in [0.05, 0.1) is 22.8 Å². The van der Waals surface area contributed by atoms with Crippen LogP contribution in [-0.4, -0.2) is 44.7 Å². The molecule has 1 saturated heterocycles. The summed E-state index contributed by atoms with van der Waals surface area (Å²) in [6.45, 7) is 7.13. The van der Waals surface area contributed by atoms with Crippen molar-refractivity contribution < 1.29 is 9.90 Å². The number of amides is 1. The number of imidazole rings is 1. The lowest BCUT2D eigenvalue weighted by molar-refractivity contribution is -0.119. The Balaban J connectivity index is 1.78. The van der Waals surface area contributed by atoms with Crippen LogP contribution in [0.5, 0.6) is 5.75 Å². The molecule has 1 amide bonds. The van der Waals surface area contributed by atoms with E-state index in [2.05, 4.69) is 21.4 Å². The molecule has 0 unspecified atom stereocenters. The van der Waals surface area contributed by atoms with E-state index in [9.17, 15) is 9.90 Å². The number of aromatic nitrogens is 3. The van der Waals surface area contributed by atoms with Gasteiger partial charge < -0.3 is 15.3 Å². The summed E-state index contributed by atoms with van der Waals surface area (Å²) in [7, 11) is 0. The lowest BCUT2D eigenvalue weighted by atomic mass is 10.1. The quantitative estimate of drug-likeness (QED) is 0.745. The molecule has 7 heteroatoms. The maximum Gasteiger partial charge on any atom is 0.217 e. The molecule has 0 bridgehead atoms. The van der Waals surface area contributed by atoms with Crippen LogP contribution < -0.4 is 10.2 Å². The number of carbonyl (C=O) groups is 1. The zero-order valence-corrected chi connectivity index (χ0v) is 15.7. The van der Waals surface area contributed by atoms with Crippen LogP contribution in [0.1, 0.15) is 24.7 Å². The average molecular weight is 365 g/mol. The molecule has 2 aromatic heterocycles. The van der Waals surface area contributed by atoms with Gasteiger partial charge in [0.1, 0.15) is 5.75 Å². The Labute approximate surface area is 157 Å². The molecular weight excluding hydrogens is 342 g/mol. The van der Waals surface area contributed by atoms with Crippen LogP contribution >= 0.6 is 0 Å². The molecule has 1 fully saturated rings. The van der Waals surface area contributed by atoms with Gasteiger partial charge >= 0.3 is 0 Å². The van der Waals surface area contributed by atoms with E-state index in [1.807, 2.05) is 30.5 Å². The van der Waals surface area contributed by atoms with E-state index in [1.165, 1.54) is 0 Å². The number of fused-ring (bicyclic) bond motifs is 1. The molecule has 1 atom stereocenters. The van der Waals surface area contributed by atoms with Crippen molar-refractivity contribution in [3.8, 4) is 17.0 Å². The van der Waals surface area contributed by atoms with Crippen molar-refractivity contribution in [2.75, 3.05) is 18.0 Å². The molecule has 140 valence electrons. The van der Waals surface area contributed by atoms with Crippen molar-refractivity contribution in [2.45, 2.75) is 33.2 Å². The second-order valence-corrected chi connectivity index (χ2v) is 7.13. The van der Waals surface area contributed by atoms with E-state index < -0.39 is 0 Å². The molecule has 3 aromatic rings. The number of nitrogens with one attached hydrogen (secondary N) is 1. The number of hydrogen-bond donors (Lipinski definition) is 2. The van der Waals surface area contributed by atoms with Crippen molar-refractivity contribution in [1.82, 2.24) is 19.9 Å². The SMILES string of the molecule is CC(=O)N[C@@H]1CCN(c2cc(C)nn3c(-c4ccc(O)cc4)c(C)nc23)C1. The van der Waals surface area contributed by atoms with Crippen molar-refractivity contribution >= 4 is 17.2 Å². The fourth-order valence-corrected chi connectivity index (χ4v) is 3.80. The first kappa shape index (κ1) is 17.3. The molecule has 0 saturated carbocycles. The number of nitrogens with zero attached hydrogens (tertiary/aromatic N) is 4. The topological polar surface area (TPSA) is 82.8 Å². The number of hydrogen-bond acceptors (Lipinski definition) is 5. The van der Waals surface area contributed by atoms with E-state index in [1.54, 1.807) is 19.1 Å². The Morgan fingerprint density at radius 1 is 1.26 bits per heavy atom. The van der Waals surface area contributed by atoms with E-state index in [-0.39, 0.29) is 17.7 Å². The average Bonchev–Trinajstić information content (AvgIpc) is 3.18. The van der Waals surface area contributed by atoms with Crippen LogP contribution in [0.2, 0.25) is 0 Å². The largest absolute Gasteiger partial charge is 0.508 e. The molecule has 27 heavy (non-hydrogen) atoms. The van der Waals surface area contributed by atoms with Crippen molar-refractivity contribution in [3.63, 3.8) is 0 Å². The zero-order valence-electron chi connectivity index (χ0n) is 15.7. The third-order valence-corrected chi connectivity index (χ3v) is 4.94. The molecule has 0 spiro atoms. The predicted octanol–water partition coefficient (Wildman–Crippen LogP) is 2.43. The minimum Gasteiger partial charge on any atom is -0.508 e. The summed E-state index contributed by atoms with van der Waals surface area (Å²) >= 11 is 0. The lowest BCUT2D eigenvalue weighted by Crippen LogP contribution is -2.35. The normalized spacial score (nSPS) is 16.9. The minimum absolute atomic E-state index is 0.00387. The maximum atomic E-state index is 11.4. The third kappa shape index (κ3) is 3.20. The van der Waals surface area contributed by atoms with Gasteiger partial charge in [-0.25, -0.2) is 9.50 Å². The van der Waals surface area contributed by atoms with E-state index in [0.29, 0.717) is 0 Å². The number of benzene rings is 1. The number of aromatic hydroxyl groups is 1. The highest BCUT2D eigenvalue weighted by atomic mass is 16.3. The molecule has 0 radical (unpaired) electrons. The molecule has 7 nitrogen and oxygen atoms in total. The summed E-state index contributed by atoms with van der Waals surface area (Å²) in [5, 5.41) is 17.3. The molecule has 0 aliphatic carbocycles. The summed E-state index contributed by atoms with van der Waals surface area (Å²) < 4.78 is 1.89. The minimum atomic E-state index is 0.00387. The molecule has 4 rings (SSSR count). The van der Waals surface area contributed by atoms with Crippen LogP contribution in [0.3, 0.4) is 0 Å². The molecule has 3 heterocycles. The lowest BCUT2D eigenvalue weighted by Gasteiger charge is -2.20. The van der Waals surface area contributed by atoms with Gasteiger partial charge in [-0.2, -0.15) is 5.10 Å². The Bertz CT molecular complexity index is 1010. The van der Waals surface area contributed by atoms with Gasteiger partial charge in [-0.3, -0.25) is 4.79 Å². The van der Waals surface area contributed by atoms with Crippen LogP contribution in [-0.2, 0) is 4.79 Å². The van der Waals surface area contributed by atoms with Gasteiger partial charge in [-0.15, -0.1) is 0 Å². The van der Waals surface area contributed by atoms with Crippen molar-refractivity contribution in [2.24, 2.45) is 0 Å². The molecular formula is C20H23N5O2. The highest BCUT2D eigenvalue weighted by Crippen LogP contribution is 2.31. The zero-order chi connectivity index (χ0) is 19.1. The van der Waals surface area contributed by atoms with Crippen LogP contribution in [0.15, 0.2) is 30.3 Å². The second kappa shape index (κ2) is 6.57. The van der Waals surface area contributed by atoms with Gasteiger partial charge in [-0.05, 0) is 50.6 Å². The number of anilines is 1. The molecule has 1 aromatic carbocycles. The van der Waals surface area contributed by atoms with Crippen molar-refractivity contribution in [1.29, 1.82) is 0 Å². The van der Waals surface area contributed by atoms with E-state index in [0.717, 1.165) is 53.5 Å². The highest BCUT2D eigenvalue weighted by molar-refractivity contribution is 5.77. The number of aryl methyl sites for hydroxylation is 2. The van der Waals surface area contributed by atoms with Crippen molar-refractivity contribution in [3.05, 3.63) is 41.7 Å². The van der Waals surface area contributed by atoms with Gasteiger partial charge in [-0.1, -0.05) is 0 Å².